The van der Waals surface area contributed by atoms with Gasteiger partial charge < -0.3 is 28.8 Å². The number of hydrogen-bond acceptors (Lipinski definition) is 14. The van der Waals surface area contributed by atoms with Crippen LogP contribution in [0.2, 0.25) is 5.02 Å². The van der Waals surface area contributed by atoms with Crippen LogP contribution in [-0.2, 0) is 49.5 Å². The number of carbonyl (C=O) groups is 6. The number of imide groups is 1. The molecular formula is C48H57ClN2O12S. The molecule has 1 N–H and O–H groups in total. The van der Waals surface area contributed by atoms with Crippen molar-refractivity contribution < 1.29 is 57.6 Å². The van der Waals surface area contributed by atoms with Crippen LogP contribution < -0.4 is 4.74 Å². The first kappa shape index (κ1) is 48.5. The first-order valence-electron chi connectivity index (χ1n) is 21.8. The van der Waals surface area contributed by atoms with Gasteiger partial charge in [0.15, 0.2) is 0 Å². The molecule has 0 radical (unpaired) electrons. The van der Waals surface area contributed by atoms with Crippen LogP contribution in [-0.4, -0.2) is 81.1 Å². The molecule has 0 bridgehead atoms. The lowest BCUT2D eigenvalue weighted by Crippen LogP contribution is -2.48. The number of rotatable bonds is 13. The Balaban J connectivity index is 1.13. The second-order valence-electron chi connectivity index (χ2n) is 17.7. The fourth-order valence-electron chi connectivity index (χ4n) is 8.43. The molecule has 3 aliphatic rings. The number of Topliss-reactive ketones (excluding diaryl/α,β-unsaturated/α-hetero) is 1. The van der Waals surface area contributed by atoms with E-state index in [1.165, 1.54) is 24.3 Å². The molecule has 3 aromatic rings. The van der Waals surface area contributed by atoms with E-state index in [0.29, 0.717) is 37.7 Å². The van der Waals surface area contributed by atoms with Crippen LogP contribution in [0.1, 0.15) is 114 Å². The molecule has 4 heterocycles. The average Bonchev–Trinajstić information content (AvgIpc) is 3.53. The number of nitrogens with zero attached hydrogens (tertiary/aromatic N) is 2. The van der Waals surface area contributed by atoms with Crippen LogP contribution in [0.5, 0.6) is 5.75 Å². The number of thiazole rings is 1. The number of benzene rings is 2. The summed E-state index contributed by atoms with van der Waals surface area (Å²) in [6.45, 7) is 12.8. The van der Waals surface area contributed by atoms with E-state index >= 15 is 0 Å². The number of cyclic esters (lactones) is 1. The Bertz CT molecular complexity index is 2270. The molecule has 7 atom stereocenters. The van der Waals surface area contributed by atoms with Gasteiger partial charge in [-0.1, -0.05) is 49.6 Å². The zero-order chi connectivity index (χ0) is 46.3. The predicted molar refractivity (Wildman–Crippen MR) is 238 cm³/mol. The van der Waals surface area contributed by atoms with Crippen molar-refractivity contribution in [1.82, 2.24) is 9.88 Å². The van der Waals surface area contributed by atoms with Gasteiger partial charge in [-0.05, 0) is 101 Å². The van der Waals surface area contributed by atoms with Crippen molar-refractivity contribution >= 4 is 68.8 Å². The van der Waals surface area contributed by atoms with Crippen LogP contribution in [0.15, 0.2) is 61.2 Å². The highest BCUT2D eigenvalue weighted by Crippen LogP contribution is 2.47. The van der Waals surface area contributed by atoms with Crippen molar-refractivity contribution in [2.75, 3.05) is 6.54 Å². The average molecular weight is 922 g/mol. The molecule has 6 rings (SSSR count). The van der Waals surface area contributed by atoms with Gasteiger partial charge in [0.25, 0.3) is 11.8 Å². The minimum absolute atomic E-state index is 0.0874. The number of ether oxygens (including phenoxy) is 5. The number of unbranched alkanes of at least 4 members (excludes halogenated alkanes) is 2. The second-order valence-corrected chi connectivity index (χ2v) is 19.4. The summed E-state index contributed by atoms with van der Waals surface area (Å²) in [5.41, 5.74) is -0.00183. The molecule has 0 spiro atoms. The second kappa shape index (κ2) is 20.9. The fourth-order valence-corrected chi connectivity index (χ4v) is 9.48. The van der Waals surface area contributed by atoms with Gasteiger partial charge >= 0.3 is 18.1 Å². The van der Waals surface area contributed by atoms with Gasteiger partial charge in [-0.2, -0.15) is 0 Å². The quantitative estimate of drug-likeness (QED) is 0.0428. The molecule has 2 saturated heterocycles. The number of esters is 2. The Morgan fingerprint density at radius 1 is 1.06 bits per heavy atom. The first-order chi connectivity index (χ1) is 30.4. The number of allylic oxidation sites excluding steroid dienone is 1. The van der Waals surface area contributed by atoms with Gasteiger partial charge in [0, 0.05) is 37.5 Å². The molecular weight excluding hydrogens is 864 g/mol. The number of fused-ring (bicyclic) bond motifs is 2. The normalized spacial score (nSPS) is 26.3. The summed E-state index contributed by atoms with van der Waals surface area (Å²) in [5, 5.41) is 12.6. The summed E-state index contributed by atoms with van der Waals surface area (Å²) in [6, 6.07) is 10.3. The molecule has 7 unspecified atom stereocenters. The van der Waals surface area contributed by atoms with E-state index in [9.17, 15) is 33.9 Å². The van der Waals surface area contributed by atoms with Gasteiger partial charge in [0.05, 0.1) is 49.9 Å². The van der Waals surface area contributed by atoms with Gasteiger partial charge in [-0.3, -0.25) is 28.9 Å². The summed E-state index contributed by atoms with van der Waals surface area (Å²) >= 11 is 8.01. The van der Waals surface area contributed by atoms with Gasteiger partial charge in [-0.15, -0.1) is 17.9 Å². The molecule has 3 aliphatic heterocycles. The highest BCUT2D eigenvalue weighted by atomic mass is 35.5. The molecule has 64 heavy (non-hydrogen) atoms. The maximum atomic E-state index is 14.5. The van der Waals surface area contributed by atoms with Crippen molar-refractivity contribution in [3.8, 4) is 5.75 Å². The van der Waals surface area contributed by atoms with Gasteiger partial charge in [0.1, 0.15) is 30.3 Å². The Kier molecular flexibility index (Phi) is 15.8. The number of epoxide rings is 1. The third kappa shape index (κ3) is 12.0. The molecule has 2 fully saturated rings. The maximum Gasteiger partial charge on any atom is 0.508 e. The SMILES string of the molecule is C=CCC1C(=O)C(C)(C)C(OC(=O)OCc2ccc(OC(=O)CCCCCN3C(=O)C=CC3=O)c(Cl)c2)CC(=O)OC(c2ccc3sc(C)nc3c2)CC2OC2(C)CCCC(C)C1O. The van der Waals surface area contributed by atoms with Crippen LogP contribution >= 0.6 is 22.9 Å². The van der Waals surface area contributed by atoms with Crippen molar-refractivity contribution in [2.24, 2.45) is 17.3 Å². The van der Waals surface area contributed by atoms with Crippen LogP contribution in [0.3, 0.4) is 0 Å². The monoisotopic (exact) mass is 920 g/mol. The lowest BCUT2D eigenvalue weighted by atomic mass is 9.71. The van der Waals surface area contributed by atoms with E-state index in [1.54, 1.807) is 37.3 Å². The van der Waals surface area contributed by atoms with E-state index in [-0.39, 0.29) is 60.6 Å². The van der Waals surface area contributed by atoms with E-state index in [1.807, 2.05) is 39.0 Å². The Morgan fingerprint density at radius 2 is 1.81 bits per heavy atom. The number of hydrogen-bond donors (Lipinski definition) is 1. The number of aliphatic hydroxyl groups excluding tert-OH is 1. The minimum atomic E-state index is -1.51. The largest absolute Gasteiger partial charge is 0.508 e. The Hall–Kier alpha value is -4.96. The Morgan fingerprint density at radius 3 is 2.53 bits per heavy atom. The summed E-state index contributed by atoms with van der Waals surface area (Å²) in [5.74, 6) is -3.40. The van der Waals surface area contributed by atoms with Gasteiger partial charge in [0.2, 0.25) is 0 Å². The number of aryl methyl sites for hydroxylation is 1. The van der Waals surface area contributed by atoms with Gasteiger partial charge in [-0.25, -0.2) is 9.78 Å². The van der Waals surface area contributed by atoms with Crippen molar-refractivity contribution in [3.05, 3.63) is 82.4 Å². The van der Waals surface area contributed by atoms with E-state index in [0.717, 1.165) is 38.5 Å². The van der Waals surface area contributed by atoms with Crippen LogP contribution in [0, 0.1) is 24.2 Å². The third-order valence-electron chi connectivity index (χ3n) is 12.5. The summed E-state index contributed by atoms with van der Waals surface area (Å²) in [4.78, 5) is 83.8. The maximum absolute atomic E-state index is 14.5. The smallest absolute Gasteiger partial charge is 0.457 e. The zero-order valence-electron chi connectivity index (χ0n) is 37.0. The number of aromatic nitrogens is 1. The first-order valence-corrected chi connectivity index (χ1v) is 23.0. The zero-order valence-corrected chi connectivity index (χ0v) is 38.5. The van der Waals surface area contributed by atoms with Crippen molar-refractivity contribution in [2.45, 2.75) is 135 Å². The Labute approximate surface area is 382 Å². The van der Waals surface area contributed by atoms with E-state index in [4.69, 9.17) is 35.3 Å². The van der Waals surface area contributed by atoms with E-state index in [2.05, 4.69) is 11.6 Å². The molecule has 0 aliphatic carbocycles. The molecule has 0 saturated carbocycles. The highest BCUT2D eigenvalue weighted by molar-refractivity contribution is 7.18. The number of carbonyl (C=O) groups excluding carboxylic acids is 6. The third-order valence-corrected chi connectivity index (χ3v) is 13.7. The standard InChI is InChI=1S/C48H57ClN2O12S/c1-7-12-32-44(56)28(2)13-11-21-48(6)39(63-48)25-36(31-16-18-37-34(24-31)50-29(3)64-37)61-43(55)26-38(47(4,5)45(32)57)62-46(58)59-27-30-15-17-35(33(49)23-30)60-42(54)14-9-8-10-22-51-40(52)19-20-41(51)53/h7,15-20,23-24,28,32,36,38-39,44,56H,1,8-14,21-22,25-27H2,2-6H3. The van der Waals surface area contributed by atoms with Crippen molar-refractivity contribution in [1.29, 1.82) is 0 Å². The number of halogens is 1. The topological polar surface area (TPSA) is 188 Å². The molecule has 344 valence electrons. The number of ketones is 1. The minimum Gasteiger partial charge on any atom is -0.457 e. The van der Waals surface area contributed by atoms with Crippen LogP contribution in [0.25, 0.3) is 10.2 Å². The lowest BCUT2D eigenvalue weighted by Gasteiger charge is -2.37. The predicted octanol–water partition coefficient (Wildman–Crippen LogP) is 8.86. The summed E-state index contributed by atoms with van der Waals surface area (Å²) < 4.78 is 30.2. The molecule has 14 nitrogen and oxygen atoms in total. The number of amides is 2. The molecule has 2 aromatic carbocycles. The summed E-state index contributed by atoms with van der Waals surface area (Å²) in [6.07, 6.45) is 3.37. The van der Waals surface area contributed by atoms with E-state index < -0.39 is 65.5 Å². The molecule has 1 aromatic heterocycles. The fraction of sp³-hybridized carbons (Fsp3) is 0.521. The highest BCUT2D eigenvalue weighted by Gasteiger charge is 2.53. The lowest BCUT2D eigenvalue weighted by molar-refractivity contribution is -0.157. The summed E-state index contributed by atoms with van der Waals surface area (Å²) in [7, 11) is 0. The molecule has 2 amide bonds. The molecule has 16 heteroatoms. The van der Waals surface area contributed by atoms with Crippen molar-refractivity contribution in [3.63, 3.8) is 0 Å². The van der Waals surface area contributed by atoms with Crippen LogP contribution in [0.4, 0.5) is 4.79 Å². The number of aliphatic hydroxyl groups is 1.